The summed E-state index contributed by atoms with van der Waals surface area (Å²) in [6, 6.07) is 0. The van der Waals surface area contributed by atoms with E-state index in [1.807, 2.05) is 0 Å². The molecule has 0 aromatic heterocycles. The van der Waals surface area contributed by atoms with E-state index in [0.29, 0.717) is 0 Å². The quantitative estimate of drug-likeness (QED) is 0.687. The lowest BCUT2D eigenvalue weighted by molar-refractivity contribution is 0.420. The highest BCUT2D eigenvalue weighted by molar-refractivity contribution is 4.80. The zero-order chi connectivity index (χ0) is 9.10. The van der Waals surface area contributed by atoms with Crippen molar-refractivity contribution in [3.63, 3.8) is 0 Å². The number of hydrogen-bond acceptors (Lipinski definition) is 1. The molecular formula is C12H23N. The van der Waals surface area contributed by atoms with Crippen LogP contribution in [0.5, 0.6) is 0 Å². The third-order valence-corrected chi connectivity index (χ3v) is 3.80. The van der Waals surface area contributed by atoms with Gasteiger partial charge in [-0.3, -0.25) is 0 Å². The Balaban J connectivity index is 1.52. The maximum absolute atomic E-state index is 3.65. The fraction of sp³-hybridized carbons (Fsp3) is 1.00. The molecule has 0 bridgehead atoms. The van der Waals surface area contributed by atoms with Gasteiger partial charge in [-0.2, -0.15) is 0 Å². The van der Waals surface area contributed by atoms with E-state index < -0.39 is 0 Å². The van der Waals surface area contributed by atoms with E-state index in [2.05, 4.69) is 12.2 Å². The van der Waals surface area contributed by atoms with Crippen molar-refractivity contribution in [3.8, 4) is 0 Å². The molecule has 76 valence electrons. The van der Waals surface area contributed by atoms with Crippen molar-refractivity contribution in [2.75, 3.05) is 13.1 Å². The van der Waals surface area contributed by atoms with Crippen LogP contribution < -0.4 is 5.32 Å². The Bertz CT molecular complexity index is 143. The molecule has 2 aliphatic carbocycles. The Morgan fingerprint density at radius 1 is 1.15 bits per heavy atom. The maximum atomic E-state index is 3.65. The van der Waals surface area contributed by atoms with Crippen molar-refractivity contribution >= 4 is 0 Å². The second-order valence-corrected chi connectivity index (χ2v) is 5.12. The van der Waals surface area contributed by atoms with Crippen LogP contribution in [0.3, 0.4) is 0 Å². The second kappa shape index (κ2) is 4.45. The first-order valence-corrected chi connectivity index (χ1v) is 6.07. The van der Waals surface area contributed by atoms with E-state index in [4.69, 9.17) is 0 Å². The zero-order valence-electron chi connectivity index (χ0n) is 8.89. The molecule has 0 saturated heterocycles. The summed E-state index contributed by atoms with van der Waals surface area (Å²) in [6.45, 7) is 4.96. The lowest BCUT2D eigenvalue weighted by Gasteiger charge is -2.14. The van der Waals surface area contributed by atoms with Gasteiger partial charge in [0.05, 0.1) is 0 Å². The third-order valence-electron chi connectivity index (χ3n) is 3.80. The van der Waals surface area contributed by atoms with Gasteiger partial charge in [0.1, 0.15) is 0 Å². The van der Waals surface area contributed by atoms with Crippen molar-refractivity contribution in [1.82, 2.24) is 5.32 Å². The van der Waals surface area contributed by atoms with Gasteiger partial charge < -0.3 is 5.32 Å². The highest BCUT2D eigenvalue weighted by Crippen LogP contribution is 2.36. The number of hydrogen-bond donors (Lipinski definition) is 1. The van der Waals surface area contributed by atoms with Gasteiger partial charge in [0.25, 0.3) is 0 Å². The molecule has 0 spiro atoms. The lowest BCUT2D eigenvalue weighted by atomic mass is 10.1. The van der Waals surface area contributed by atoms with E-state index >= 15 is 0 Å². The van der Waals surface area contributed by atoms with Crippen LogP contribution in [0.1, 0.15) is 45.4 Å². The molecule has 0 heterocycles. The molecule has 0 aromatic carbocycles. The first-order chi connectivity index (χ1) is 6.36. The summed E-state index contributed by atoms with van der Waals surface area (Å²) in [7, 11) is 0. The minimum Gasteiger partial charge on any atom is -0.316 e. The largest absolute Gasteiger partial charge is 0.316 e. The van der Waals surface area contributed by atoms with Gasteiger partial charge in [0.2, 0.25) is 0 Å². The molecule has 1 N–H and O–H groups in total. The molecule has 2 fully saturated rings. The normalized spacial score (nSPS) is 26.5. The molecule has 1 heteroatoms. The summed E-state index contributed by atoms with van der Waals surface area (Å²) >= 11 is 0. The molecule has 2 rings (SSSR count). The first kappa shape index (κ1) is 9.51. The van der Waals surface area contributed by atoms with E-state index in [1.165, 1.54) is 51.6 Å². The van der Waals surface area contributed by atoms with Crippen molar-refractivity contribution in [1.29, 1.82) is 0 Å². The van der Waals surface area contributed by atoms with Gasteiger partial charge in [-0.15, -0.1) is 0 Å². The molecule has 1 nitrogen and oxygen atoms in total. The summed E-state index contributed by atoms with van der Waals surface area (Å²) in [5, 5.41) is 3.65. The minimum atomic E-state index is 0.932. The van der Waals surface area contributed by atoms with Crippen LogP contribution >= 0.6 is 0 Å². The van der Waals surface area contributed by atoms with Crippen LogP contribution in [0.4, 0.5) is 0 Å². The summed E-state index contributed by atoms with van der Waals surface area (Å²) in [6.07, 6.45) is 8.89. The Morgan fingerprint density at radius 3 is 2.46 bits per heavy atom. The van der Waals surface area contributed by atoms with E-state index in [1.54, 1.807) is 0 Å². The van der Waals surface area contributed by atoms with Crippen LogP contribution in [0.2, 0.25) is 0 Å². The Morgan fingerprint density at radius 2 is 1.85 bits per heavy atom. The average molecular weight is 181 g/mol. The molecule has 2 aliphatic rings. The van der Waals surface area contributed by atoms with Gasteiger partial charge in [-0.05, 0) is 56.5 Å². The fourth-order valence-electron chi connectivity index (χ4n) is 2.56. The number of rotatable bonds is 5. The van der Waals surface area contributed by atoms with Crippen LogP contribution in [-0.4, -0.2) is 13.1 Å². The highest BCUT2D eigenvalue weighted by Gasteiger charge is 2.27. The molecule has 2 saturated carbocycles. The molecule has 1 atom stereocenters. The standard InChI is InChI=1S/C12H23N/c1-10(12-6-7-12)8-13-9-11-4-2-3-5-11/h10-13H,2-9H2,1H3. The predicted octanol–water partition coefficient (Wildman–Crippen LogP) is 2.81. The molecule has 0 radical (unpaired) electrons. The molecule has 0 aromatic rings. The van der Waals surface area contributed by atoms with Crippen LogP contribution in [-0.2, 0) is 0 Å². The topological polar surface area (TPSA) is 12.0 Å². The highest BCUT2D eigenvalue weighted by atomic mass is 14.9. The smallest absolute Gasteiger partial charge is 0.00204 e. The van der Waals surface area contributed by atoms with Gasteiger partial charge >= 0.3 is 0 Å². The number of nitrogens with one attached hydrogen (secondary N) is 1. The third kappa shape index (κ3) is 2.98. The SMILES string of the molecule is CC(CNCC1CCCC1)C1CC1. The predicted molar refractivity (Wildman–Crippen MR) is 56.7 cm³/mol. The molecule has 0 aliphatic heterocycles. The van der Waals surface area contributed by atoms with Crippen molar-refractivity contribution in [2.24, 2.45) is 17.8 Å². The van der Waals surface area contributed by atoms with Crippen molar-refractivity contribution in [3.05, 3.63) is 0 Å². The van der Waals surface area contributed by atoms with Gasteiger partial charge in [-0.1, -0.05) is 19.8 Å². The van der Waals surface area contributed by atoms with E-state index in [0.717, 1.165) is 17.8 Å². The second-order valence-electron chi connectivity index (χ2n) is 5.12. The molecule has 13 heavy (non-hydrogen) atoms. The lowest BCUT2D eigenvalue weighted by Crippen LogP contribution is -2.26. The zero-order valence-corrected chi connectivity index (χ0v) is 8.89. The monoisotopic (exact) mass is 181 g/mol. The van der Waals surface area contributed by atoms with Crippen molar-refractivity contribution < 1.29 is 0 Å². The summed E-state index contributed by atoms with van der Waals surface area (Å²) in [4.78, 5) is 0. The minimum absolute atomic E-state index is 0.932. The summed E-state index contributed by atoms with van der Waals surface area (Å²) < 4.78 is 0. The van der Waals surface area contributed by atoms with Crippen molar-refractivity contribution in [2.45, 2.75) is 45.4 Å². The Hall–Kier alpha value is -0.0400. The van der Waals surface area contributed by atoms with Crippen LogP contribution in [0.25, 0.3) is 0 Å². The molecule has 0 amide bonds. The van der Waals surface area contributed by atoms with Gasteiger partial charge in [0.15, 0.2) is 0 Å². The van der Waals surface area contributed by atoms with Gasteiger partial charge in [0, 0.05) is 0 Å². The average Bonchev–Trinajstić information content (AvgIpc) is 2.86. The van der Waals surface area contributed by atoms with E-state index in [9.17, 15) is 0 Å². The van der Waals surface area contributed by atoms with Gasteiger partial charge in [-0.25, -0.2) is 0 Å². The van der Waals surface area contributed by atoms with Crippen LogP contribution in [0, 0.1) is 17.8 Å². The molecular weight excluding hydrogens is 158 g/mol. The van der Waals surface area contributed by atoms with E-state index in [-0.39, 0.29) is 0 Å². The van der Waals surface area contributed by atoms with Crippen LogP contribution in [0.15, 0.2) is 0 Å². The summed E-state index contributed by atoms with van der Waals surface area (Å²) in [5.41, 5.74) is 0. The molecule has 1 unspecified atom stereocenters. The maximum Gasteiger partial charge on any atom is -0.00204 e. The summed E-state index contributed by atoms with van der Waals surface area (Å²) in [5.74, 6) is 3.00. The first-order valence-electron chi connectivity index (χ1n) is 6.07. The Labute approximate surface area is 82.3 Å². The fourth-order valence-corrected chi connectivity index (χ4v) is 2.56. The Kier molecular flexibility index (Phi) is 3.26.